The van der Waals surface area contributed by atoms with Gasteiger partial charge in [0, 0.05) is 25.2 Å². The highest BCUT2D eigenvalue weighted by Gasteiger charge is 2.30. The van der Waals surface area contributed by atoms with Crippen LogP contribution in [-0.2, 0) is 0 Å². The highest BCUT2D eigenvalue weighted by atomic mass is 35.5. The van der Waals surface area contributed by atoms with Crippen LogP contribution in [0.15, 0.2) is 18.2 Å². The number of carbonyl (C=O) groups excluding carboxylic acids is 1. The van der Waals surface area contributed by atoms with Crippen molar-refractivity contribution in [2.24, 2.45) is 11.7 Å². The van der Waals surface area contributed by atoms with Gasteiger partial charge >= 0.3 is 0 Å². The van der Waals surface area contributed by atoms with Crippen molar-refractivity contribution in [2.75, 3.05) is 13.1 Å². The fourth-order valence-electron chi connectivity index (χ4n) is 2.23. The Morgan fingerprint density at radius 3 is 2.68 bits per heavy atom. The first-order chi connectivity index (χ1) is 8.49. The number of nitrogens with two attached hydrogens (primary N) is 1. The maximum Gasteiger partial charge on any atom is 0.256 e. The summed E-state index contributed by atoms with van der Waals surface area (Å²) in [5.41, 5.74) is 5.71. The SMILES string of the molecule is CC(N)C1CCN(C(=O)c2ccc(F)cc2F)C1.Cl. The second kappa shape index (κ2) is 6.30. The van der Waals surface area contributed by atoms with Crippen molar-refractivity contribution in [1.29, 1.82) is 0 Å². The quantitative estimate of drug-likeness (QED) is 0.907. The molecule has 1 aromatic rings. The number of hydrogen-bond acceptors (Lipinski definition) is 2. The second-order valence-electron chi connectivity index (χ2n) is 4.78. The summed E-state index contributed by atoms with van der Waals surface area (Å²) in [5, 5.41) is 0. The minimum atomic E-state index is -0.816. The lowest BCUT2D eigenvalue weighted by Crippen LogP contribution is -2.33. The number of amides is 1. The highest BCUT2D eigenvalue weighted by molar-refractivity contribution is 5.94. The molecule has 1 aromatic carbocycles. The lowest BCUT2D eigenvalue weighted by Gasteiger charge is -2.18. The molecule has 3 nitrogen and oxygen atoms in total. The van der Waals surface area contributed by atoms with E-state index in [0.29, 0.717) is 13.1 Å². The lowest BCUT2D eigenvalue weighted by atomic mass is 10.0. The maximum absolute atomic E-state index is 13.5. The van der Waals surface area contributed by atoms with Crippen molar-refractivity contribution in [3.8, 4) is 0 Å². The number of rotatable bonds is 2. The van der Waals surface area contributed by atoms with Gasteiger partial charge in [-0.05, 0) is 31.4 Å². The van der Waals surface area contributed by atoms with Gasteiger partial charge in [0.25, 0.3) is 5.91 Å². The Bertz CT molecular complexity index is 468. The van der Waals surface area contributed by atoms with E-state index >= 15 is 0 Å². The van der Waals surface area contributed by atoms with Crippen LogP contribution >= 0.6 is 12.4 Å². The Morgan fingerprint density at radius 2 is 2.16 bits per heavy atom. The molecule has 2 rings (SSSR count). The van der Waals surface area contributed by atoms with E-state index in [-0.39, 0.29) is 29.9 Å². The molecule has 2 N–H and O–H groups in total. The van der Waals surface area contributed by atoms with Crippen LogP contribution in [0.2, 0.25) is 0 Å². The first-order valence-electron chi connectivity index (χ1n) is 5.99. The number of hydrogen-bond donors (Lipinski definition) is 1. The predicted octanol–water partition coefficient (Wildman–Crippen LogP) is 2.20. The second-order valence-corrected chi connectivity index (χ2v) is 4.78. The number of halogens is 3. The summed E-state index contributed by atoms with van der Waals surface area (Å²) >= 11 is 0. The molecule has 1 aliphatic rings. The van der Waals surface area contributed by atoms with Crippen molar-refractivity contribution >= 4 is 18.3 Å². The predicted molar refractivity (Wildman–Crippen MR) is 71.3 cm³/mol. The smallest absolute Gasteiger partial charge is 0.256 e. The summed E-state index contributed by atoms with van der Waals surface area (Å²) in [7, 11) is 0. The lowest BCUT2D eigenvalue weighted by molar-refractivity contribution is 0.0781. The molecule has 2 atom stereocenters. The van der Waals surface area contributed by atoms with E-state index in [4.69, 9.17) is 5.73 Å². The van der Waals surface area contributed by atoms with Crippen molar-refractivity contribution < 1.29 is 13.6 Å². The van der Waals surface area contributed by atoms with Gasteiger partial charge in [0.05, 0.1) is 5.56 Å². The molecule has 1 heterocycles. The third kappa shape index (κ3) is 3.42. The maximum atomic E-state index is 13.5. The Hall–Kier alpha value is -1.20. The molecule has 0 saturated carbocycles. The molecule has 0 aliphatic carbocycles. The van der Waals surface area contributed by atoms with Gasteiger partial charge in [-0.25, -0.2) is 8.78 Å². The fourth-order valence-corrected chi connectivity index (χ4v) is 2.23. The molecular weight excluding hydrogens is 274 g/mol. The average Bonchev–Trinajstić information content (AvgIpc) is 2.77. The molecule has 1 fully saturated rings. The zero-order valence-electron chi connectivity index (χ0n) is 10.6. The Labute approximate surface area is 117 Å². The van der Waals surface area contributed by atoms with Crippen molar-refractivity contribution in [3.05, 3.63) is 35.4 Å². The zero-order valence-corrected chi connectivity index (χ0v) is 11.4. The number of carbonyl (C=O) groups is 1. The molecule has 1 amide bonds. The van der Waals surface area contributed by atoms with E-state index < -0.39 is 17.5 Å². The largest absolute Gasteiger partial charge is 0.338 e. The summed E-state index contributed by atoms with van der Waals surface area (Å²) in [5.74, 6) is -1.64. The van der Waals surface area contributed by atoms with Crippen LogP contribution in [0.5, 0.6) is 0 Å². The molecular formula is C13H17ClF2N2O. The monoisotopic (exact) mass is 290 g/mol. The minimum absolute atomic E-state index is 0. The number of benzene rings is 1. The molecule has 19 heavy (non-hydrogen) atoms. The first-order valence-corrected chi connectivity index (χ1v) is 5.99. The molecule has 0 radical (unpaired) electrons. The summed E-state index contributed by atoms with van der Waals surface area (Å²) in [4.78, 5) is 13.6. The van der Waals surface area contributed by atoms with Gasteiger partial charge < -0.3 is 10.6 Å². The van der Waals surface area contributed by atoms with Gasteiger partial charge in [-0.1, -0.05) is 0 Å². The van der Waals surface area contributed by atoms with Gasteiger partial charge in [0.1, 0.15) is 11.6 Å². The third-order valence-corrected chi connectivity index (χ3v) is 3.42. The van der Waals surface area contributed by atoms with E-state index in [0.717, 1.165) is 18.6 Å². The van der Waals surface area contributed by atoms with Gasteiger partial charge in [0.15, 0.2) is 0 Å². The Balaban J connectivity index is 0.00000180. The van der Waals surface area contributed by atoms with Crippen LogP contribution in [0.1, 0.15) is 23.7 Å². The third-order valence-electron chi connectivity index (χ3n) is 3.42. The van der Waals surface area contributed by atoms with Crippen LogP contribution in [0.4, 0.5) is 8.78 Å². The van der Waals surface area contributed by atoms with Gasteiger partial charge in [0.2, 0.25) is 0 Å². The van der Waals surface area contributed by atoms with E-state index in [1.54, 1.807) is 4.90 Å². The number of likely N-dealkylation sites (tertiary alicyclic amines) is 1. The first kappa shape index (κ1) is 15.9. The average molecular weight is 291 g/mol. The topological polar surface area (TPSA) is 46.3 Å². The number of nitrogens with zero attached hydrogens (tertiary/aromatic N) is 1. The van der Waals surface area contributed by atoms with Crippen LogP contribution in [-0.4, -0.2) is 29.9 Å². The van der Waals surface area contributed by atoms with Gasteiger partial charge in [-0.15, -0.1) is 12.4 Å². The van der Waals surface area contributed by atoms with Crippen LogP contribution in [0.3, 0.4) is 0 Å². The molecule has 6 heteroatoms. The van der Waals surface area contributed by atoms with Crippen LogP contribution < -0.4 is 5.73 Å². The van der Waals surface area contributed by atoms with Crippen molar-refractivity contribution in [1.82, 2.24) is 4.90 Å². The molecule has 1 saturated heterocycles. The van der Waals surface area contributed by atoms with Crippen LogP contribution in [0, 0.1) is 17.6 Å². The fraction of sp³-hybridized carbons (Fsp3) is 0.462. The Kier molecular flexibility index (Phi) is 5.26. The van der Waals surface area contributed by atoms with E-state index in [2.05, 4.69) is 0 Å². The minimum Gasteiger partial charge on any atom is -0.338 e. The molecule has 0 spiro atoms. The summed E-state index contributed by atoms with van der Waals surface area (Å²) < 4.78 is 26.3. The van der Waals surface area contributed by atoms with Crippen molar-refractivity contribution in [2.45, 2.75) is 19.4 Å². The standard InChI is InChI=1S/C13H16F2N2O.ClH/c1-8(16)9-4-5-17(7-9)13(18)11-3-2-10(14)6-12(11)15;/h2-3,6,8-9H,4-5,7,16H2,1H3;1H. The normalized spacial score (nSPS) is 20.0. The van der Waals surface area contributed by atoms with Crippen molar-refractivity contribution in [3.63, 3.8) is 0 Å². The zero-order chi connectivity index (χ0) is 13.3. The van der Waals surface area contributed by atoms with E-state index in [1.807, 2.05) is 6.92 Å². The summed E-state index contributed by atoms with van der Waals surface area (Å²) in [6, 6.07) is 3.02. The van der Waals surface area contributed by atoms with Crippen LogP contribution in [0.25, 0.3) is 0 Å². The Morgan fingerprint density at radius 1 is 1.47 bits per heavy atom. The molecule has 2 unspecified atom stereocenters. The summed E-state index contributed by atoms with van der Waals surface area (Å²) in [6.45, 7) is 3.01. The van der Waals surface area contributed by atoms with Gasteiger partial charge in [-0.3, -0.25) is 4.79 Å². The molecule has 0 aromatic heterocycles. The molecule has 0 bridgehead atoms. The summed E-state index contributed by atoms with van der Waals surface area (Å²) in [6.07, 6.45) is 0.826. The molecule has 1 aliphatic heterocycles. The molecule has 106 valence electrons. The highest BCUT2D eigenvalue weighted by Crippen LogP contribution is 2.21. The van der Waals surface area contributed by atoms with E-state index in [1.165, 1.54) is 6.07 Å². The van der Waals surface area contributed by atoms with Gasteiger partial charge in [-0.2, -0.15) is 0 Å². The van der Waals surface area contributed by atoms with E-state index in [9.17, 15) is 13.6 Å².